The molecule has 2 aliphatic rings. The van der Waals surface area contributed by atoms with Crippen LogP contribution >= 0.6 is 0 Å². The highest BCUT2D eigenvalue weighted by atomic mass is 16.5. The first-order valence-corrected chi connectivity index (χ1v) is 12.2. The first-order chi connectivity index (χ1) is 15.8. The average molecular weight is 451 g/mol. The van der Waals surface area contributed by atoms with Crippen LogP contribution in [0.15, 0.2) is 54.6 Å². The Hall–Kier alpha value is -2.37. The van der Waals surface area contributed by atoms with Crippen molar-refractivity contribution in [3.8, 4) is 5.75 Å². The van der Waals surface area contributed by atoms with Crippen LogP contribution in [0, 0.1) is 5.92 Å². The van der Waals surface area contributed by atoms with E-state index < -0.39 is 0 Å². The Bertz CT molecular complexity index is 963. The van der Waals surface area contributed by atoms with Gasteiger partial charge in [0.2, 0.25) is 0 Å². The fourth-order valence-corrected chi connectivity index (χ4v) is 6.28. The molecule has 1 saturated heterocycles. The predicted octanol–water partition coefficient (Wildman–Crippen LogP) is 4.70. The van der Waals surface area contributed by atoms with E-state index in [1.165, 1.54) is 0 Å². The number of ether oxygens (including phenoxy) is 1. The number of phenolic OH excluding ortho intramolecular Hbond substituents is 1. The van der Waals surface area contributed by atoms with E-state index in [0.717, 1.165) is 56.4 Å². The highest BCUT2D eigenvalue weighted by Crippen LogP contribution is 2.54. The minimum atomic E-state index is -0.344. The zero-order valence-corrected chi connectivity index (χ0v) is 20.5. The molecule has 33 heavy (non-hydrogen) atoms. The molecule has 2 aromatic carbocycles. The van der Waals surface area contributed by atoms with Crippen LogP contribution in [0.5, 0.6) is 5.75 Å². The molecular weight excluding hydrogens is 412 g/mol. The molecule has 0 spiro atoms. The van der Waals surface area contributed by atoms with Crippen LogP contribution < -0.4 is 0 Å². The van der Waals surface area contributed by atoms with Crippen molar-refractivity contribution in [1.29, 1.82) is 0 Å². The van der Waals surface area contributed by atoms with Crippen LogP contribution in [-0.4, -0.2) is 66.2 Å². The van der Waals surface area contributed by atoms with E-state index in [1.807, 2.05) is 49.6 Å². The number of hydrogen-bond acceptors (Lipinski definition) is 4. The number of aromatic hydroxyl groups is 1. The maximum Gasteiger partial charge on any atom is 0.254 e. The van der Waals surface area contributed by atoms with Gasteiger partial charge in [-0.1, -0.05) is 44.2 Å². The van der Waals surface area contributed by atoms with Gasteiger partial charge in [-0.3, -0.25) is 4.79 Å². The van der Waals surface area contributed by atoms with E-state index in [0.29, 0.717) is 5.92 Å². The zero-order valence-electron chi connectivity index (χ0n) is 20.5. The average Bonchev–Trinajstić information content (AvgIpc) is 2.82. The first kappa shape index (κ1) is 23.8. The van der Waals surface area contributed by atoms with Gasteiger partial charge in [0.25, 0.3) is 5.91 Å². The van der Waals surface area contributed by atoms with Crippen LogP contribution in [0.3, 0.4) is 0 Å². The molecule has 5 heteroatoms. The SMILES string of the molecule is COC12CC[C@H](N(CC(C)C)C(=O)c3ccccc3)CC1(c1cccc(O)c1)CCN(C)C2. The number of carbonyl (C=O) groups is 1. The summed E-state index contributed by atoms with van der Waals surface area (Å²) in [6.45, 7) is 6.89. The second-order valence-corrected chi connectivity index (χ2v) is 10.4. The molecule has 0 bridgehead atoms. The molecule has 2 aromatic rings. The van der Waals surface area contributed by atoms with Crippen molar-refractivity contribution in [3.63, 3.8) is 0 Å². The number of nitrogens with zero attached hydrogens (tertiary/aromatic N) is 2. The Kier molecular flexibility index (Phi) is 6.83. The number of methoxy groups -OCH3 is 1. The van der Waals surface area contributed by atoms with Crippen molar-refractivity contribution in [2.24, 2.45) is 5.92 Å². The van der Waals surface area contributed by atoms with E-state index in [9.17, 15) is 9.90 Å². The smallest absolute Gasteiger partial charge is 0.254 e. The van der Waals surface area contributed by atoms with Crippen molar-refractivity contribution in [2.75, 3.05) is 33.8 Å². The third-order valence-electron chi connectivity index (χ3n) is 7.86. The molecule has 1 saturated carbocycles. The number of piperidine rings is 1. The third kappa shape index (κ3) is 4.41. The lowest BCUT2D eigenvalue weighted by molar-refractivity contribution is -0.150. The number of benzene rings is 2. The summed E-state index contributed by atoms with van der Waals surface area (Å²) in [5.74, 6) is 0.770. The molecule has 1 heterocycles. The Labute approximate surface area is 198 Å². The number of amides is 1. The van der Waals surface area contributed by atoms with E-state index in [-0.39, 0.29) is 28.7 Å². The Morgan fingerprint density at radius 1 is 1.18 bits per heavy atom. The highest BCUT2D eigenvalue weighted by molar-refractivity contribution is 5.94. The van der Waals surface area contributed by atoms with Crippen molar-refractivity contribution in [2.45, 2.75) is 56.6 Å². The van der Waals surface area contributed by atoms with Gasteiger partial charge in [0.05, 0.1) is 5.60 Å². The molecule has 1 N–H and O–H groups in total. The minimum absolute atomic E-state index is 0.109. The molecule has 0 radical (unpaired) electrons. The molecule has 1 aliphatic carbocycles. The van der Waals surface area contributed by atoms with E-state index in [2.05, 4.69) is 36.8 Å². The van der Waals surface area contributed by atoms with E-state index in [1.54, 1.807) is 6.07 Å². The summed E-state index contributed by atoms with van der Waals surface area (Å²) >= 11 is 0. The second-order valence-electron chi connectivity index (χ2n) is 10.4. The van der Waals surface area contributed by atoms with Crippen LogP contribution in [0.2, 0.25) is 0 Å². The lowest BCUT2D eigenvalue weighted by Crippen LogP contribution is -2.67. The van der Waals surface area contributed by atoms with Crippen LogP contribution in [0.4, 0.5) is 0 Å². The highest BCUT2D eigenvalue weighted by Gasteiger charge is 2.59. The quantitative estimate of drug-likeness (QED) is 0.693. The van der Waals surface area contributed by atoms with Gasteiger partial charge in [0, 0.05) is 37.2 Å². The molecule has 3 atom stereocenters. The van der Waals surface area contributed by atoms with Crippen molar-refractivity contribution < 1.29 is 14.6 Å². The first-order valence-electron chi connectivity index (χ1n) is 12.2. The molecule has 4 rings (SSSR count). The summed E-state index contributed by atoms with van der Waals surface area (Å²) in [4.78, 5) is 18.1. The molecular formula is C28H38N2O3. The minimum Gasteiger partial charge on any atom is -0.508 e. The summed E-state index contributed by atoms with van der Waals surface area (Å²) in [6, 6.07) is 17.5. The van der Waals surface area contributed by atoms with Gasteiger partial charge in [0.15, 0.2) is 0 Å². The number of likely N-dealkylation sites (N-methyl/N-ethyl adjacent to an activating group) is 1. The molecule has 5 nitrogen and oxygen atoms in total. The summed E-state index contributed by atoms with van der Waals surface area (Å²) in [6.07, 6.45) is 3.56. The lowest BCUT2D eigenvalue weighted by Gasteiger charge is -2.60. The molecule has 0 aromatic heterocycles. The second kappa shape index (κ2) is 9.47. The maximum absolute atomic E-state index is 13.7. The molecule has 178 valence electrons. The Morgan fingerprint density at radius 3 is 2.61 bits per heavy atom. The number of rotatable bonds is 6. The van der Waals surface area contributed by atoms with Gasteiger partial charge in [-0.15, -0.1) is 0 Å². The van der Waals surface area contributed by atoms with Gasteiger partial charge in [-0.25, -0.2) is 0 Å². The monoisotopic (exact) mass is 450 g/mol. The lowest BCUT2D eigenvalue weighted by atomic mass is 9.55. The third-order valence-corrected chi connectivity index (χ3v) is 7.86. The van der Waals surface area contributed by atoms with Crippen LogP contribution in [0.25, 0.3) is 0 Å². The topological polar surface area (TPSA) is 53.0 Å². The van der Waals surface area contributed by atoms with Gasteiger partial charge >= 0.3 is 0 Å². The fraction of sp³-hybridized carbons (Fsp3) is 0.536. The van der Waals surface area contributed by atoms with Crippen LogP contribution in [-0.2, 0) is 10.2 Å². The van der Waals surface area contributed by atoms with E-state index in [4.69, 9.17) is 4.74 Å². The van der Waals surface area contributed by atoms with Crippen molar-refractivity contribution >= 4 is 5.91 Å². The normalized spacial score (nSPS) is 27.8. The van der Waals surface area contributed by atoms with Gasteiger partial charge < -0.3 is 19.6 Å². The molecule has 1 amide bonds. The zero-order chi connectivity index (χ0) is 23.6. The summed E-state index contributed by atoms with van der Waals surface area (Å²) in [7, 11) is 3.99. The van der Waals surface area contributed by atoms with E-state index >= 15 is 0 Å². The van der Waals surface area contributed by atoms with Crippen LogP contribution in [0.1, 0.15) is 55.5 Å². The summed E-state index contributed by atoms with van der Waals surface area (Å²) in [5, 5.41) is 10.4. The van der Waals surface area contributed by atoms with Gasteiger partial charge in [-0.05, 0) is 75.0 Å². The molecule has 1 aliphatic heterocycles. The summed E-state index contributed by atoms with van der Waals surface area (Å²) in [5.41, 5.74) is 1.27. The number of carbonyl (C=O) groups excluding carboxylic acids is 1. The largest absolute Gasteiger partial charge is 0.508 e. The summed E-state index contributed by atoms with van der Waals surface area (Å²) < 4.78 is 6.38. The fourth-order valence-electron chi connectivity index (χ4n) is 6.28. The van der Waals surface area contributed by atoms with Crippen molar-refractivity contribution in [1.82, 2.24) is 9.80 Å². The Balaban J connectivity index is 1.76. The number of fused-ring (bicyclic) bond motifs is 1. The van der Waals surface area contributed by atoms with Gasteiger partial charge in [-0.2, -0.15) is 0 Å². The number of hydrogen-bond donors (Lipinski definition) is 1. The Morgan fingerprint density at radius 2 is 1.94 bits per heavy atom. The standard InChI is InChI=1S/C28H38N2O3/c1-21(2)19-30(26(32)22-9-6-5-7-10-22)24-13-14-28(33-4)20-29(3)16-15-27(28,18-24)23-11-8-12-25(31)17-23/h5-12,17,21,24,31H,13-16,18-20H2,1-4H3/t24-,27?,28?/m0/s1. The number of phenols is 1. The number of likely N-dealkylation sites (tertiary alicyclic amines) is 1. The molecule has 2 unspecified atom stereocenters. The van der Waals surface area contributed by atoms with Crippen molar-refractivity contribution in [3.05, 3.63) is 65.7 Å². The predicted molar refractivity (Wildman–Crippen MR) is 132 cm³/mol. The molecule has 2 fully saturated rings. The maximum atomic E-state index is 13.7. The van der Waals surface area contributed by atoms with Gasteiger partial charge in [0.1, 0.15) is 5.75 Å².